The van der Waals surface area contributed by atoms with Gasteiger partial charge in [0.15, 0.2) is 5.58 Å². The van der Waals surface area contributed by atoms with Crippen LogP contribution < -0.4 is 0 Å². The van der Waals surface area contributed by atoms with Crippen LogP contribution in [0.5, 0.6) is 0 Å². The number of aliphatic hydroxyl groups excluding tert-OH is 1. The van der Waals surface area contributed by atoms with E-state index in [0.29, 0.717) is 12.5 Å². The van der Waals surface area contributed by atoms with Gasteiger partial charge >= 0.3 is 0 Å². The number of oxazole rings is 1. The van der Waals surface area contributed by atoms with Gasteiger partial charge in [0.2, 0.25) is 5.89 Å². The van der Waals surface area contributed by atoms with Crippen LogP contribution in [0.15, 0.2) is 52.9 Å². The van der Waals surface area contributed by atoms with Crippen molar-refractivity contribution >= 4 is 11.1 Å². The van der Waals surface area contributed by atoms with E-state index in [1.807, 2.05) is 55.0 Å². The molecule has 1 saturated carbocycles. The highest BCUT2D eigenvalue weighted by atomic mass is 16.5. The van der Waals surface area contributed by atoms with E-state index in [2.05, 4.69) is 4.98 Å². The third kappa shape index (κ3) is 3.21. The van der Waals surface area contributed by atoms with Crippen molar-refractivity contribution in [3.8, 4) is 11.5 Å². The summed E-state index contributed by atoms with van der Waals surface area (Å²) in [7, 11) is 0. The maximum atomic E-state index is 9.91. The maximum Gasteiger partial charge on any atom is 0.227 e. The molecule has 4 nitrogen and oxygen atoms in total. The van der Waals surface area contributed by atoms with Crippen molar-refractivity contribution in [2.75, 3.05) is 0 Å². The Morgan fingerprint density at radius 2 is 1.96 bits per heavy atom. The molecule has 123 valence electrons. The number of para-hydroxylation sites is 2. The number of benzene rings is 2. The van der Waals surface area contributed by atoms with Crippen LogP contribution in [0.1, 0.15) is 24.8 Å². The van der Waals surface area contributed by atoms with Gasteiger partial charge in [-0.25, -0.2) is 4.98 Å². The molecule has 0 unspecified atom stereocenters. The van der Waals surface area contributed by atoms with Crippen molar-refractivity contribution in [1.82, 2.24) is 4.98 Å². The highest BCUT2D eigenvalue weighted by Gasteiger charge is 2.23. The topological polar surface area (TPSA) is 55.5 Å². The number of aliphatic hydroxyl groups is 1. The average Bonchev–Trinajstić information content (AvgIpc) is 3.06. The Morgan fingerprint density at radius 1 is 1.12 bits per heavy atom. The average molecular weight is 322 g/mol. The molecule has 4 heteroatoms. The number of rotatable bonds is 4. The number of ether oxygens (including phenoxy) is 1. The molecule has 1 radical (unpaired) electrons. The second-order valence-electron chi connectivity index (χ2n) is 6.19. The molecule has 1 aliphatic carbocycles. The summed E-state index contributed by atoms with van der Waals surface area (Å²) in [6.45, 7) is 0.503. The summed E-state index contributed by atoms with van der Waals surface area (Å²) in [5, 5.41) is 9.91. The van der Waals surface area contributed by atoms with E-state index in [-0.39, 0.29) is 6.10 Å². The van der Waals surface area contributed by atoms with E-state index in [9.17, 15) is 5.11 Å². The van der Waals surface area contributed by atoms with Crippen molar-refractivity contribution in [3.05, 3.63) is 60.5 Å². The molecular formula is C20H20NO3. The standard InChI is InChI=1S/C20H20NO3/c22-17-6-2-4-8-19(17)23-13-14-9-11-15(12-10-14)20-21-16-5-1-3-7-18(16)24-20/h1,3,5-7,9-12,17,19,22H,2,4,8,13H2/t17-,19-/m0/s1. The van der Waals surface area contributed by atoms with Gasteiger partial charge in [-0.05, 0) is 49.1 Å². The zero-order chi connectivity index (χ0) is 16.4. The monoisotopic (exact) mass is 322 g/mol. The normalized spacial score (nSPS) is 21.2. The van der Waals surface area contributed by atoms with Crippen LogP contribution in [0.4, 0.5) is 0 Å². The molecule has 0 aliphatic heterocycles. The predicted molar refractivity (Wildman–Crippen MR) is 92.2 cm³/mol. The molecule has 2 atom stereocenters. The van der Waals surface area contributed by atoms with Crippen molar-refractivity contribution in [2.45, 2.75) is 38.1 Å². The fourth-order valence-electron chi connectivity index (χ4n) is 3.05. The van der Waals surface area contributed by atoms with Gasteiger partial charge in [0.25, 0.3) is 0 Å². The molecule has 1 heterocycles. The number of nitrogens with zero attached hydrogens (tertiary/aromatic N) is 1. The van der Waals surface area contributed by atoms with Gasteiger partial charge in [0.05, 0.1) is 18.8 Å². The van der Waals surface area contributed by atoms with Gasteiger partial charge in [0, 0.05) is 5.56 Å². The van der Waals surface area contributed by atoms with Gasteiger partial charge in [-0.1, -0.05) is 30.7 Å². The molecule has 0 bridgehead atoms. The van der Waals surface area contributed by atoms with Gasteiger partial charge in [-0.2, -0.15) is 0 Å². The molecule has 3 aromatic rings. The van der Waals surface area contributed by atoms with Crippen LogP contribution in [0, 0.1) is 6.42 Å². The minimum absolute atomic E-state index is 0.0875. The molecule has 1 aromatic heterocycles. The first kappa shape index (κ1) is 15.4. The SMILES string of the molecule is O[C@H]1[CH]CCC[C@@H]1OCc1ccc(-c2nc3ccccc3o2)cc1. The van der Waals surface area contributed by atoms with E-state index in [1.165, 1.54) is 0 Å². The highest BCUT2D eigenvalue weighted by Crippen LogP contribution is 2.25. The van der Waals surface area contributed by atoms with Crippen LogP contribution >= 0.6 is 0 Å². The van der Waals surface area contributed by atoms with Crippen molar-refractivity contribution in [1.29, 1.82) is 0 Å². The fourth-order valence-corrected chi connectivity index (χ4v) is 3.05. The zero-order valence-electron chi connectivity index (χ0n) is 13.4. The molecule has 1 N–H and O–H groups in total. The first-order chi connectivity index (χ1) is 11.8. The summed E-state index contributed by atoms with van der Waals surface area (Å²) in [5.41, 5.74) is 3.68. The molecular weight excluding hydrogens is 302 g/mol. The Labute approximate surface area is 141 Å². The predicted octanol–water partition coefficient (Wildman–Crippen LogP) is 4.13. The third-order valence-corrected chi connectivity index (χ3v) is 4.44. The van der Waals surface area contributed by atoms with E-state index < -0.39 is 6.10 Å². The van der Waals surface area contributed by atoms with Crippen LogP contribution in [-0.4, -0.2) is 22.3 Å². The fraction of sp³-hybridized carbons (Fsp3) is 0.300. The van der Waals surface area contributed by atoms with Crippen molar-refractivity contribution in [3.63, 3.8) is 0 Å². The molecule has 0 saturated heterocycles. The molecule has 0 spiro atoms. The lowest BCUT2D eigenvalue weighted by Crippen LogP contribution is -2.32. The first-order valence-corrected chi connectivity index (χ1v) is 8.37. The Kier molecular flexibility index (Phi) is 4.32. The Morgan fingerprint density at radius 3 is 2.75 bits per heavy atom. The zero-order valence-corrected chi connectivity index (χ0v) is 13.4. The van der Waals surface area contributed by atoms with Gasteiger partial charge in [0.1, 0.15) is 5.52 Å². The van der Waals surface area contributed by atoms with Gasteiger partial charge in [-0.3, -0.25) is 0 Å². The Balaban J connectivity index is 1.44. The Bertz CT molecular complexity index is 776. The van der Waals surface area contributed by atoms with Gasteiger partial charge in [-0.15, -0.1) is 0 Å². The van der Waals surface area contributed by atoms with Crippen LogP contribution in [-0.2, 0) is 11.3 Å². The summed E-state index contributed by atoms with van der Waals surface area (Å²) >= 11 is 0. The summed E-state index contributed by atoms with van der Waals surface area (Å²) in [5.74, 6) is 0.626. The summed E-state index contributed by atoms with van der Waals surface area (Å²) in [6, 6.07) is 15.8. The number of aromatic nitrogens is 1. The van der Waals surface area contributed by atoms with E-state index in [0.717, 1.165) is 41.5 Å². The minimum Gasteiger partial charge on any atom is -0.436 e. The molecule has 4 rings (SSSR count). The largest absolute Gasteiger partial charge is 0.436 e. The number of hydrogen-bond donors (Lipinski definition) is 1. The van der Waals surface area contributed by atoms with Gasteiger partial charge < -0.3 is 14.3 Å². The van der Waals surface area contributed by atoms with Crippen LogP contribution in [0.25, 0.3) is 22.6 Å². The number of fused-ring (bicyclic) bond motifs is 1. The van der Waals surface area contributed by atoms with Crippen molar-refractivity contribution < 1.29 is 14.3 Å². The second kappa shape index (κ2) is 6.75. The summed E-state index contributed by atoms with van der Waals surface area (Å²) in [6.07, 6.45) is 4.37. The molecule has 24 heavy (non-hydrogen) atoms. The summed E-state index contributed by atoms with van der Waals surface area (Å²) < 4.78 is 11.6. The lowest BCUT2D eigenvalue weighted by atomic mass is 9.95. The van der Waals surface area contributed by atoms with Crippen molar-refractivity contribution in [2.24, 2.45) is 0 Å². The van der Waals surface area contributed by atoms with E-state index in [4.69, 9.17) is 9.15 Å². The maximum absolute atomic E-state index is 9.91. The lowest BCUT2D eigenvalue weighted by Gasteiger charge is -2.27. The van der Waals surface area contributed by atoms with E-state index >= 15 is 0 Å². The minimum atomic E-state index is -0.447. The molecule has 0 amide bonds. The summed E-state index contributed by atoms with van der Waals surface area (Å²) in [4.78, 5) is 4.51. The highest BCUT2D eigenvalue weighted by molar-refractivity contribution is 5.75. The first-order valence-electron chi connectivity index (χ1n) is 8.37. The third-order valence-electron chi connectivity index (χ3n) is 4.44. The Hall–Kier alpha value is -2.17. The lowest BCUT2D eigenvalue weighted by molar-refractivity contribution is -0.0474. The molecule has 1 fully saturated rings. The number of hydrogen-bond acceptors (Lipinski definition) is 4. The molecule has 1 aliphatic rings. The van der Waals surface area contributed by atoms with Crippen LogP contribution in [0.2, 0.25) is 0 Å². The quantitative estimate of drug-likeness (QED) is 0.785. The second-order valence-corrected chi connectivity index (χ2v) is 6.19. The molecule has 2 aromatic carbocycles. The van der Waals surface area contributed by atoms with Crippen LogP contribution in [0.3, 0.4) is 0 Å². The smallest absolute Gasteiger partial charge is 0.227 e. The van der Waals surface area contributed by atoms with E-state index in [1.54, 1.807) is 0 Å².